The second-order valence-electron chi connectivity index (χ2n) is 5.44. The molecular weight excluding hydrogens is 323 g/mol. The van der Waals surface area contributed by atoms with E-state index in [1.165, 1.54) is 12.1 Å². The number of likely N-dealkylation sites (N-methyl/N-ethyl adjacent to an activating group) is 1. The number of carbonyl (C=O) groups excluding carboxylic acids is 2. The maximum atomic E-state index is 13.1. The number of carbonyl (C=O) groups is 2. The molecule has 0 aliphatic rings. The second kappa shape index (κ2) is 9.42. The standard InChI is InChI=1S/C19H21FN2O3/c1-2-21-19(24)13-25-17-9-7-16(8-10-17)22-18(23)11-6-14-4-3-5-15(20)12-14/h3-5,7-10,12H,2,6,11,13H2,1H3,(H,21,24)(H,22,23). The van der Waals surface area contributed by atoms with Gasteiger partial charge in [0.05, 0.1) is 0 Å². The maximum absolute atomic E-state index is 13.1. The highest BCUT2D eigenvalue weighted by atomic mass is 19.1. The number of halogens is 1. The summed E-state index contributed by atoms with van der Waals surface area (Å²) in [4.78, 5) is 23.3. The lowest BCUT2D eigenvalue weighted by molar-refractivity contribution is -0.123. The Labute approximate surface area is 146 Å². The first-order chi connectivity index (χ1) is 12.1. The molecule has 2 N–H and O–H groups in total. The Bertz CT molecular complexity index is 717. The molecule has 25 heavy (non-hydrogen) atoms. The topological polar surface area (TPSA) is 67.4 Å². The third-order valence-electron chi connectivity index (χ3n) is 3.41. The van der Waals surface area contributed by atoms with E-state index in [0.29, 0.717) is 24.4 Å². The first-order valence-corrected chi connectivity index (χ1v) is 8.10. The summed E-state index contributed by atoms with van der Waals surface area (Å²) in [5.74, 6) is -0.0948. The molecule has 0 radical (unpaired) electrons. The summed E-state index contributed by atoms with van der Waals surface area (Å²) in [6.07, 6.45) is 0.732. The molecule has 0 bridgehead atoms. The van der Waals surface area contributed by atoms with E-state index in [0.717, 1.165) is 5.56 Å². The van der Waals surface area contributed by atoms with E-state index in [1.54, 1.807) is 36.4 Å². The minimum Gasteiger partial charge on any atom is -0.484 e. The van der Waals surface area contributed by atoms with Gasteiger partial charge in [0.25, 0.3) is 5.91 Å². The molecule has 2 aromatic carbocycles. The molecule has 2 aromatic rings. The molecule has 0 aromatic heterocycles. The molecule has 5 nitrogen and oxygen atoms in total. The van der Waals surface area contributed by atoms with Gasteiger partial charge in [0.15, 0.2) is 6.61 Å². The zero-order chi connectivity index (χ0) is 18.1. The Hall–Kier alpha value is -2.89. The van der Waals surface area contributed by atoms with Crippen LogP contribution in [-0.4, -0.2) is 25.0 Å². The van der Waals surface area contributed by atoms with E-state index in [9.17, 15) is 14.0 Å². The number of nitrogens with one attached hydrogen (secondary N) is 2. The molecule has 0 aliphatic heterocycles. The molecule has 0 spiro atoms. The van der Waals surface area contributed by atoms with Crippen LogP contribution in [0.1, 0.15) is 18.9 Å². The molecule has 132 valence electrons. The molecule has 6 heteroatoms. The van der Waals surface area contributed by atoms with Crippen LogP contribution >= 0.6 is 0 Å². The van der Waals surface area contributed by atoms with E-state index in [4.69, 9.17) is 4.74 Å². The zero-order valence-corrected chi connectivity index (χ0v) is 14.0. The number of benzene rings is 2. The number of amides is 2. The molecule has 0 saturated carbocycles. The van der Waals surface area contributed by atoms with Crippen LogP contribution in [0.5, 0.6) is 5.75 Å². The second-order valence-corrected chi connectivity index (χ2v) is 5.44. The van der Waals surface area contributed by atoms with Crippen LogP contribution in [0.3, 0.4) is 0 Å². The van der Waals surface area contributed by atoms with Gasteiger partial charge in [-0.05, 0) is 55.3 Å². The summed E-state index contributed by atoms with van der Waals surface area (Å²) in [6, 6.07) is 13.0. The van der Waals surface area contributed by atoms with Gasteiger partial charge < -0.3 is 15.4 Å². The molecular formula is C19H21FN2O3. The Morgan fingerprint density at radius 2 is 1.84 bits per heavy atom. The Morgan fingerprint density at radius 3 is 2.52 bits per heavy atom. The van der Waals surface area contributed by atoms with Crippen LogP contribution in [0.2, 0.25) is 0 Å². The van der Waals surface area contributed by atoms with Crippen molar-refractivity contribution in [3.63, 3.8) is 0 Å². The fraction of sp³-hybridized carbons (Fsp3) is 0.263. The van der Waals surface area contributed by atoms with Crippen molar-refractivity contribution < 1.29 is 18.7 Å². The van der Waals surface area contributed by atoms with Gasteiger partial charge >= 0.3 is 0 Å². The highest BCUT2D eigenvalue weighted by Gasteiger charge is 2.05. The number of hydrogen-bond donors (Lipinski definition) is 2. The number of anilines is 1. The number of aryl methyl sites for hydroxylation is 1. The number of ether oxygens (including phenoxy) is 1. The monoisotopic (exact) mass is 344 g/mol. The summed E-state index contributed by atoms with van der Waals surface area (Å²) < 4.78 is 18.4. The van der Waals surface area contributed by atoms with Crippen molar-refractivity contribution in [1.82, 2.24) is 5.32 Å². The lowest BCUT2D eigenvalue weighted by Crippen LogP contribution is -2.28. The van der Waals surface area contributed by atoms with E-state index in [1.807, 2.05) is 6.92 Å². The third-order valence-corrected chi connectivity index (χ3v) is 3.41. The summed E-state index contributed by atoms with van der Waals surface area (Å²) in [7, 11) is 0. The fourth-order valence-electron chi connectivity index (χ4n) is 2.21. The molecule has 0 heterocycles. The Balaban J connectivity index is 1.78. The normalized spacial score (nSPS) is 10.2. The molecule has 0 fully saturated rings. The Kier molecular flexibility index (Phi) is 6.95. The van der Waals surface area contributed by atoms with Crippen molar-refractivity contribution >= 4 is 17.5 Å². The van der Waals surface area contributed by atoms with Gasteiger partial charge in [-0.1, -0.05) is 12.1 Å². The van der Waals surface area contributed by atoms with Crippen molar-refractivity contribution in [1.29, 1.82) is 0 Å². The maximum Gasteiger partial charge on any atom is 0.257 e. The summed E-state index contributed by atoms with van der Waals surface area (Å²) in [6.45, 7) is 2.35. The summed E-state index contributed by atoms with van der Waals surface area (Å²) in [5.41, 5.74) is 1.42. The van der Waals surface area contributed by atoms with Gasteiger partial charge in [0.2, 0.25) is 5.91 Å². The highest BCUT2D eigenvalue weighted by molar-refractivity contribution is 5.90. The first kappa shape index (κ1) is 18.4. The molecule has 2 rings (SSSR count). The minimum atomic E-state index is -0.305. The average Bonchev–Trinajstić information content (AvgIpc) is 2.60. The average molecular weight is 344 g/mol. The van der Waals surface area contributed by atoms with Crippen molar-refractivity contribution in [2.45, 2.75) is 19.8 Å². The van der Waals surface area contributed by atoms with Gasteiger partial charge in [-0.2, -0.15) is 0 Å². The predicted molar refractivity (Wildman–Crippen MR) is 94.0 cm³/mol. The van der Waals surface area contributed by atoms with Crippen molar-refractivity contribution in [2.75, 3.05) is 18.5 Å². The predicted octanol–water partition coefficient (Wildman–Crippen LogP) is 2.91. The van der Waals surface area contributed by atoms with Crippen LogP contribution in [0.4, 0.5) is 10.1 Å². The largest absolute Gasteiger partial charge is 0.484 e. The molecule has 0 atom stereocenters. The third kappa shape index (κ3) is 6.63. The summed E-state index contributed by atoms with van der Waals surface area (Å²) in [5, 5.41) is 5.41. The van der Waals surface area contributed by atoms with Crippen molar-refractivity contribution in [3.8, 4) is 5.75 Å². The van der Waals surface area contributed by atoms with Crippen LogP contribution in [0.15, 0.2) is 48.5 Å². The lowest BCUT2D eigenvalue weighted by atomic mass is 10.1. The van der Waals surface area contributed by atoms with Gasteiger partial charge in [0.1, 0.15) is 11.6 Å². The van der Waals surface area contributed by atoms with Crippen LogP contribution in [0, 0.1) is 5.82 Å². The Morgan fingerprint density at radius 1 is 1.08 bits per heavy atom. The smallest absolute Gasteiger partial charge is 0.257 e. The lowest BCUT2D eigenvalue weighted by Gasteiger charge is -2.08. The molecule has 0 aliphatic carbocycles. The van der Waals surface area contributed by atoms with Crippen LogP contribution < -0.4 is 15.4 Å². The van der Waals surface area contributed by atoms with E-state index >= 15 is 0 Å². The fourth-order valence-corrected chi connectivity index (χ4v) is 2.21. The number of rotatable bonds is 8. The molecule has 2 amide bonds. The van der Waals surface area contributed by atoms with Crippen LogP contribution in [-0.2, 0) is 16.0 Å². The molecule has 0 unspecified atom stereocenters. The summed E-state index contributed by atoms with van der Waals surface area (Å²) >= 11 is 0. The minimum absolute atomic E-state index is 0.0484. The zero-order valence-electron chi connectivity index (χ0n) is 14.0. The quantitative estimate of drug-likeness (QED) is 0.774. The van der Waals surface area contributed by atoms with Crippen molar-refractivity contribution in [2.24, 2.45) is 0 Å². The van der Waals surface area contributed by atoms with E-state index in [2.05, 4.69) is 10.6 Å². The number of hydrogen-bond acceptors (Lipinski definition) is 3. The highest BCUT2D eigenvalue weighted by Crippen LogP contribution is 2.16. The van der Waals surface area contributed by atoms with Gasteiger partial charge in [0, 0.05) is 18.7 Å². The van der Waals surface area contributed by atoms with Crippen LogP contribution in [0.25, 0.3) is 0 Å². The van der Waals surface area contributed by atoms with E-state index < -0.39 is 0 Å². The van der Waals surface area contributed by atoms with E-state index in [-0.39, 0.29) is 30.7 Å². The molecule has 0 saturated heterocycles. The van der Waals surface area contributed by atoms with Crippen molar-refractivity contribution in [3.05, 3.63) is 59.9 Å². The van der Waals surface area contributed by atoms with Gasteiger partial charge in [-0.3, -0.25) is 9.59 Å². The van der Waals surface area contributed by atoms with Gasteiger partial charge in [-0.25, -0.2) is 4.39 Å². The first-order valence-electron chi connectivity index (χ1n) is 8.10. The van der Waals surface area contributed by atoms with Gasteiger partial charge in [-0.15, -0.1) is 0 Å². The SMILES string of the molecule is CCNC(=O)COc1ccc(NC(=O)CCc2cccc(F)c2)cc1.